The van der Waals surface area contributed by atoms with Crippen molar-refractivity contribution in [2.75, 3.05) is 5.32 Å². The highest BCUT2D eigenvalue weighted by molar-refractivity contribution is 6.04. The topological polar surface area (TPSA) is 51.2 Å². The first-order chi connectivity index (χ1) is 12.5. The van der Waals surface area contributed by atoms with Gasteiger partial charge in [0, 0.05) is 29.2 Å². The van der Waals surface area contributed by atoms with Gasteiger partial charge in [-0.05, 0) is 73.9 Å². The van der Waals surface area contributed by atoms with E-state index in [-0.39, 0.29) is 5.91 Å². The van der Waals surface area contributed by atoms with Crippen LogP contribution in [-0.2, 0) is 6.61 Å². The molecule has 0 aliphatic carbocycles. The molecular formula is C22H22N2O2. The van der Waals surface area contributed by atoms with Crippen molar-refractivity contribution in [2.24, 2.45) is 0 Å². The Balaban J connectivity index is 1.64. The molecule has 3 aromatic rings. The van der Waals surface area contributed by atoms with Crippen LogP contribution in [0.25, 0.3) is 0 Å². The fraction of sp³-hybridized carbons (Fsp3) is 0.182. The molecule has 4 heteroatoms. The minimum absolute atomic E-state index is 0.131. The summed E-state index contributed by atoms with van der Waals surface area (Å²) in [6, 6.07) is 15.0. The van der Waals surface area contributed by atoms with Crippen molar-refractivity contribution < 1.29 is 9.53 Å². The van der Waals surface area contributed by atoms with Gasteiger partial charge in [-0.2, -0.15) is 0 Å². The van der Waals surface area contributed by atoms with Crippen LogP contribution in [0.4, 0.5) is 5.69 Å². The van der Waals surface area contributed by atoms with Crippen LogP contribution >= 0.6 is 0 Å². The van der Waals surface area contributed by atoms with Gasteiger partial charge in [-0.3, -0.25) is 9.78 Å². The molecule has 0 fully saturated rings. The molecule has 0 aliphatic heterocycles. The Morgan fingerprint density at radius 1 is 1.00 bits per heavy atom. The van der Waals surface area contributed by atoms with Crippen molar-refractivity contribution in [3.63, 3.8) is 0 Å². The van der Waals surface area contributed by atoms with Gasteiger partial charge in [0.05, 0.1) is 0 Å². The van der Waals surface area contributed by atoms with E-state index in [9.17, 15) is 4.79 Å². The number of hydrogen-bond acceptors (Lipinski definition) is 3. The highest BCUT2D eigenvalue weighted by atomic mass is 16.5. The molecule has 0 radical (unpaired) electrons. The lowest BCUT2D eigenvalue weighted by Gasteiger charge is -2.11. The molecule has 1 amide bonds. The quantitative estimate of drug-likeness (QED) is 0.719. The van der Waals surface area contributed by atoms with Gasteiger partial charge >= 0.3 is 0 Å². The molecule has 0 atom stereocenters. The van der Waals surface area contributed by atoms with Crippen molar-refractivity contribution >= 4 is 11.6 Å². The van der Waals surface area contributed by atoms with Gasteiger partial charge in [-0.25, -0.2) is 0 Å². The second kappa shape index (κ2) is 7.83. The molecule has 0 unspecified atom stereocenters. The zero-order valence-electron chi connectivity index (χ0n) is 15.2. The lowest BCUT2D eigenvalue weighted by molar-refractivity contribution is 0.102. The van der Waals surface area contributed by atoms with E-state index in [0.717, 1.165) is 33.7 Å². The average molecular weight is 346 g/mol. The number of nitrogens with zero attached hydrogens (tertiary/aromatic N) is 1. The Bertz CT molecular complexity index is 918. The van der Waals surface area contributed by atoms with Crippen molar-refractivity contribution in [1.29, 1.82) is 0 Å². The van der Waals surface area contributed by atoms with Crippen LogP contribution in [0.1, 0.15) is 32.6 Å². The van der Waals surface area contributed by atoms with Gasteiger partial charge in [0.2, 0.25) is 0 Å². The standard InChI is InChI=1S/C22H22N2O2/c1-15-5-4-6-21(17(15)3)24-22(25)18-7-9-20(10-8-18)26-14-19-13-23-12-11-16(19)2/h4-13H,14H2,1-3H3,(H,24,25). The molecule has 132 valence electrons. The van der Waals surface area contributed by atoms with Crippen LogP contribution in [0.2, 0.25) is 0 Å². The zero-order chi connectivity index (χ0) is 18.5. The van der Waals surface area contributed by atoms with E-state index in [2.05, 4.69) is 10.3 Å². The number of aryl methyl sites for hydroxylation is 2. The minimum atomic E-state index is -0.131. The third-order valence-electron chi connectivity index (χ3n) is 4.51. The number of pyridine rings is 1. The third-order valence-corrected chi connectivity index (χ3v) is 4.51. The predicted octanol–water partition coefficient (Wildman–Crippen LogP) is 4.84. The summed E-state index contributed by atoms with van der Waals surface area (Å²) in [5.74, 6) is 0.588. The molecule has 26 heavy (non-hydrogen) atoms. The van der Waals surface area contributed by atoms with Crippen LogP contribution in [-0.4, -0.2) is 10.9 Å². The van der Waals surface area contributed by atoms with Crippen molar-refractivity contribution in [1.82, 2.24) is 4.98 Å². The maximum absolute atomic E-state index is 12.5. The molecular weight excluding hydrogens is 324 g/mol. The van der Waals surface area contributed by atoms with Crippen LogP contribution in [0.5, 0.6) is 5.75 Å². The molecule has 0 saturated heterocycles. The van der Waals surface area contributed by atoms with Crippen LogP contribution in [0, 0.1) is 20.8 Å². The normalized spacial score (nSPS) is 10.4. The van der Waals surface area contributed by atoms with E-state index in [4.69, 9.17) is 4.74 Å². The van der Waals surface area contributed by atoms with Gasteiger partial charge in [0.15, 0.2) is 0 Å². The Morgan fingerprint density at radius 2 is 1.77 bits per heavy atom. The predicted molar refractivity (Wildman–Crippen MR) is 104 cm³/mol. The van der Waals surface area contributed by atoms with E-state index in [1.165, 1.54) is 0 Å². The molecule has 4 nitrogen and oxygen atoms in total. The highest BCUT2D eigenvalue weighted by Crippen LogP contribution is 2.20. The second-order valence-electron chi connectivity index (χ2n) is 6.32. The fourth-order valence-electron chi connectivity index (χ4n) is 2.59. The maximum atomic E-state index is 12.5. The number of benzene rings is 2. The second-order valence-corrected chi connectivity index (χ2v) is 6.32. The Hall–Kier alpha value is -3.14. The zero-order valence-corrected chi connectivity index (χ0v) is 15.2. The largest absolute Gasteiger partial charge is 0.489 e. The summed E-state index contributed by atoms with van der Waals surface area (Å²) in [5.41, 5.74) is 5.84. The monoisotopic (exact) mass is 346 g/mol. The van der Waals surface area contributed by atoms with Gasteiger partial charge < -0.3 is 10.1 Å². The van der Waals surface area contributed by atoms with Gasteiger partial charge in [0.1, 0.15) is 12.4 Å². The molecule has 1 aromatic heterocycles. The number of ether oxygens (including phenoxy) is 1. The van der Waals surface area contributed by atoms with Gasteiger partial charge in [-0.1, -0.05) is 12.1 Å². The average Bonchev–Trinajstić information content (AvgIpc) is 2.65. The van der Waals surface area contributed by atoms with E-state index >= 15 is 0 Å². The molecule has 1 heterocycles. The van der Waals surface area contributed by atoms with E-state index in [1.54, 1.807) is 24.5 Å². The number of carbonyl (C=O) groups is 1. The molecule has 0 saturated carbocycles. The Morgan fingerprint density at radius 3 is 2.50 bits per heavy atom. The summed E-state index contributed by atoms with van der Waals surface area (Å²) in [4.78, 5) is 16.6. The van der Waals surface area contributed by atoms with Crippen molar-refractivity contribution in [2.45, 2.75) is 27.4 Å². The number of nitrogens with one attached hydrogen (secondary N) is 1. The molecule has 1 N–H and O–H groups in total. The first kappa shape index (κ1) is 17.7. The van der Waals surface area contributed by atoms with Crippen LogP contribution in [0.3, 0.4) is 0 Å². The number of aromatic nitrogens is 1. The highest BCUT2D eigenvalue weighted by Gasteiger charge is 2.09. The SMILES string of the molecule is Cc1ccncc1COc1ccc(C(=O)Nc2cccc(C)c2C)cc1. The third kappa shape index (κ3) is 4.09. The smallest absolute Gasteiger partial charge is 0.255 e. The number of carbonyl (C=O) groups excluding carboxylic acids is 1. The number of anilines is 1. The summed E-state index contributed by atoms with van der Waals surface area (Å²) < 4.78 is 5.79. The summed E-state index contributed by atoms with van der Waals surface area (Å²) in [6.07, 6.45) is 3.57. The first-order valence-electron chi connectivity index (χ1n) is 8.54. The lowest BCUT2D eigenvalue weighted by atomic mass is 10.1. The molecule has 0 spiro atoms. The van der Waals surface area contributed by atoms with E-state index < -0.39 is 0 Å². The van der Waals surface area contributed by atoms with Crippen LogP contribution in [0.15, 0.2) is 60.9 Å². The maximum Gasteiger partial charge on any atom is 0.255 e. The summed E-state index contributed by atoms with van der Waals surface area (Å²) in [5, 5.41) is 2.96. The van der Waals surface area contributed by atoms with E-state index in [1.807, 2.05) is 57.2 Å². The molecule has 3 rings (SSSR count). The molecule has 2 aromatic carbocycles. The summed E-state index contributed by atoms with van der Waals surface area (Å²) >= 11 is 0. The summed E-state index contributed by atoms with van der Waals surface area (Å²) in [7, 11) is 0. The lowest BCUT2D eigenvalue weighted by Crippen LogP contribution is -2.13. The molecule has 0 aliphatic rings. The van der Waals surface area contributed by atoms with Gasteiger partial charge in [-0.15, -0.1) is 0 Å². The number of hydrogen-bond donors (Lipinski definition) is 1. The number of amides is 1. The Kier molecular flexibility index (Phi) is 5.32. The number of rotatable bonds is 5. The Labute approximate surface area is 153 Å². The minimum Gasteiger partial charge on any atom is -0.489 e. The first-order valence-corrected chi connectivity index (χ1v) is 8.54. The van der Waals surface area contributed by atoms with E-state index in [0.29, 0.717) is 12.2 Å². The van der Waals surface area contributed by atoms with Crippen LogP contribution < -0.4 is 10.1 Å². The fourth-order valence-corrected chi connectivity index (χ4v) is 2.59. The van der Waals surface area contributed by atoms with Gasteiger partial charge in [0.25, 0.3) is 5.91 Å². The molecule has 0 bridgehead atoms. The van der Waals surface area contributed by atoms with Crippen molar-refractivity contribution in [3.05, 3.63) is 88.7 Å². The summed E-state index contributed by atoms with van der Waals surface area (Å²) in [6.45, 7) is 6.51. The van der Waals surface area contributed by atoms with Crippen molar-refractivity contribution in [3.8, 4) is 5.75 Å².